The zero-order chi connectivity index (χ0) is 20.8. The third kappa shape index (κ3) is 4.50. The van der Waals surface area contributed by atoms with E-state index in [1.165, 1.54) is 0 Å². The van der Waals surface area contributed by atoms with E-state index in [2.05, 4.69) is 15.8 Å². The molecule has 6 heteroatoms. The second-order valence-electron chi connectivity index (χ2n) is 6.78. The van der Waals surface area contributed by atoms with E-state index in [0.717, 1.165) is 27.6 Å². The molecule has 2 amide bonds. The van der Waals surface area contributed by atoms with Crippen LogP contribution < -0.4 is 15.6 Å². The lowest BCUT2D eigenvalue weighted by Crippen LogP contribution is -2.44. The van der Waals surface area contributed by atoms with Crippen molar-refractivity contribution in [3.63, 3.8) is 0 Å². The molecule has 3 aromatic carbocycles. The van der Waals surface area contributed by atoms with Crippen molar-refractivity contribution in [3.8, 4) is 16.9 Å². The SMILES string of the molecule is O=C(COc1ccccc1-c1ccccc1)NNC(=O)Cc1c[nH]c2ccccc12. The molecule has 3 N–H and O–H groups in total. The Kier molecular flexibility index (Phi) is 5.75. The van der Waals surface area contributed by atoms with Gasteiger partial charge in [0.05, 0.1) is 6.42 Å². The van der Waals surface area contributed by atoms with Crippen LogP contribution in [0.1, 0.15) is 5.56 Å². The number of benzene rings is 3. The first-order chi connectivity index (χ1) is 14.7. The van der Waals surface area contributed by atoms with Gasteiger partial charge in [-0.15, -0.1) is 0 Å². The van der Waals surface area contributed by atoms with Crippen molar-refractivity contribution < 1.29 is 14.3 Å². The number of hydrogen-bond acceptors (Lipinski definition) is 3. The Hall–Kier alpha value is -4.06. The number of ether oxygens (including phenoxy) is 1. The quantitative estimate of drug-likeness (QED) is 0.433. The molecule has 0 unspecified atom stereocenters. The zero-order valence-electron chi connectivity index (χ0n) is 16.2. The molecule has 0 aliphatic heterocycles. The van der Waals surface area contributed by atoms with Crippen LogP contribution in [-0.4, -0.2) is 23.4 Å². The Morgan fingerprint density at radius 3 is 2.37 bits per heavy atom. The first-order valence-corrected chi connectivity index (χ1v) is 9.60. The number of nitrogens with one attached hydrogen (secondary N) is 3. The number of carbonyl (C=O) groups excluding carboxylic acids is 2. The predicted molar refractivity (Wildman–Crippen MR) is 116 cm³/mol. The minimum Gasteiger partial charge on any atom is -0.483 e. The largest absolute Gasteiger partial charge is 0.483 e. The van der Waals surface area contributed by atoms with Crippen molar-refractivity contribution in [1.29, 1.82) is 0 Å². The number of rotatable bonds is 6. The van der Waals surface area contributed by atoms with Gasteiger partial charge in [-0.2, -0.15) is 0 Å². The van der Waals surface area contributed by atoms with Crippen LogP contribution in [0.3, 0.4) is 0 Å². The first-order valence-electron chi connectivity index (χ1n) is 9.60. The van der Waals surface area contributed by atoms with Crippen molar-refractivity contribution in [2.45, 2.75) is 6.42 Å². The molecule has 0 bridgehead atoms. The number of aromatic nitrogens is 1. The summed E-state index contributed by atoms with van der Waals surface area (Å²) in [5.74, 6) is -0.146. The Balaban J connectivity index is 1.30. The summed E-state index contributed by atoms with van der Waals surface area (Å²) in [4.78, 5) is 27.4. The van der Waals surface area contributed by atoms with Gasteiger partial charge < -0.3 is 9.72 Å². The van der Waals surface area contributed by atoms with Crippen LogP contribution in [0.5, 0.6) is 5.75 Å². The Bertz CT molecular complexity index is 1170. The molecule has 4 rings (SSSR count). The van der Waals surface area contributed by atoms with E-state index in [1.807, 2.05) is 78.9 Å². The third-order valence-electron chi connectivity index (χ3n) is 4.70. The lowest BCUT2D eigenvalue weighted by Gasteiger charge is -2.12. The molecule has 0 saturated carbocycles. The van der Waals surface area contributed by atoms with Gasteiger partial charge in [-0.3, -0.25) is 20.4 Å². The van der Waals surface area contributed by atoms with Gasteiger partial charge in [0.1, 0.15) is 5.75 Å². The summed E-state index contributed by atoms with van der Waals surface area (Å²) in [6.45, 7) is -0.211. The second-order valence-corrected chi connectivity index (χ2v) is 6.78. The molecule has 6 nitrogen and oxygen atoms in total. The zero-order valence-corrected chi connectivity index (χ0v) is 16.2. The molecule has 150 valence electrons. The summed E-state index contributed by atoms with van der Waals surface area (Å²) in [7, 11) is 0. The second kappa shape index (κ2) is 8.96. The Labute approximate surface area is 173 Å². The van der Waals surface area contributed by atoms with Crippen molar-refractivity contribution in [2.24, 2.45) is 0 Å². The molecule has 0 radical (unpaired) electrons. The van der Waals surface area contributed by atoms with Crippen LogP contribution in [0.4, 0.5) is 0 Å². The average molecular weight is 399 g/mol. The number of hydrogen-bond donors (Lipinski definition) is 3. The first kappa shape index (κ1) is 19.3. The van der Waals surface area contributed by atoms with Gasteiger partial charge in [0.2, 0.25) is 5.91 Å². The molecule has 0 atom stereocenters. The minimum absolute atomic E-state index is 0.155. The monoisotopic (exact) mass is 399 g/mol. The number of aromatic amines is 1. The highest BCUT2D eigenvalue weighted by atomic mass is 16.5. The fourth-order valence-corrected chi connectivity index (χ4v) is 3.26. The Morgan fingerprint density at radius 2 is 1.50 bits per heavy atom. The predicted octanol–water partition coefficient (Wildman–Crippen LogP) is 3.60. The number of H-pyrrole nitrogens is 1. The van der Waals surface area contributed by atoms with Crippen LogP contribution in [0, 0.1) is 0 Å². The van der Waals surface area contributed by atoms with Crippen molar-refractivity contribution >= 4 is 22.7 Å². The number of amides is 2. The summed E-state index contributed by atoms with van der Waals surface area (Å²) in [6, 6.07) is 25.1. The number of carbonyl (C=O) groups is 2. The molecule has 0 fully saturated rings. The third-order valence-corrected chi connectivity index (χ3v) is 4.70. The van der Waals surface area contributed by atoms with E-state index < -0.39 is 5.91 Å². The maximum Gasteiger partial charge on any atom is 0.276 e. The van der Waals surface area contributed by atoms with Crippen LogP contribution in [0.2, 0.25) is 0 Å². The van der Waals surface area contributed by atoms with Crippen LogP contribution in [-0.2, 0) is 16.0 Å². The molecule has 30 heavy (non-hydrogen) atoms. The van der Waals surface area contributed by atoms with Gasteiger partial charge >= 0.3 is 0 Å². The highest BCUT2D eigenvalue weighted by molar-refractivity contribution is 5.90. The lowest BCUT2D eigenvalue weighted by molar-refractivity contribution is -0.129. The number of para-hydroxylation sites is 2. The van der Waals surface area contributed by atoms with Gasteiger partial charge in [0.15, 0.2) is 6.61 Å². The summed E-state index contributed by atoms with van der Waals surface area (Å²) in [6.07, 6.45) is 1.96. The summed E-state index contributed by atoms with van der Waals surface area (Å²) < 4.78 is 5.68. The van der Waals surface area contributed by atoms with Crippen molar-refractivity contribution in [3.05, 3.63) is 90.6 Å². The van der Waals surface area contributed by atoms with E-state index in [4.69, 9.17) is 4.74 Å². The van der Waals surface area contributed by atoms with E-state index in [9.17, 15) is 9.59 Å². The maximum atomic E-state index is 12.2. The summed E-state index contributed by atoms with van der Waals surface area (Å²) in [5.41, 5.74) is 8.57. The van der Waals surface area contributed by atoms with Gasteiger partial charge in [-0.25, -0.2) is 0 Å². The van der Waals surface area contributed by atoms with Crippen molar-refractivity contribution in [2.75, 3.05) is 6.61 Å². The maximum absolute atomic E-state index is 12.2. The van der Waals surface area contributed by atoms with Gasteiger partial charge in [0.25, 0.3) is 5.91 Å². The van der Waals surface area contributed by atoms with E-state index in [0.29, 0.717) is 5.75 Å². The molecular formula is C24H21N3O3. The van der Waals surface area contributed by atoms with Gasteiger partial charge in [-0.05, 0) is 23.3 Å². The standard InChI is InChI=1S/C24H21N3O3/c28-23(14-18-15-25-21-12-6-4-10-19(18)21)26-27-24(29)16-30-22-13-7-5-11-20(22)17-8-2-1-3-9-17/h1-13,15,25H,14,16H2,(H,26,28)(H,27,29). The van der Waals surface area contributed by atoms with E-state index in [1.54, 1.807) is 6.20 Å². The molecular weight excluding hydrogens is 378 g/mol. The average Bonchev–Trinajstić information content (AvgIpc) is 3.20. The molecule has 1 heterocycles. The molecule has 0 saturated heterocycles. The highest BCUT2D eigenvalue weighted by Gasteiger charge is 2.11. The summed E-state index contributed by atoms with van der Waals surface area (Å²) in [5, 5.41) is 0.986. The smallest absolute Gasteiger partial charge is 0.276 e. The van der Waals surface area contributed by atoms with Crippen LogP contribution in [0.15, 0.2) is 85.1 Å². The topological polar surface area (TPSA) is 83.2 Å². The van der Waals surface area contributed by atoms with E-state index in [-0.39, 0.29) is 18.9 Å². The summed E-state index contributed by atoms with van der Waals surface area (Å²) >= 11 is 0. The number of fused-ring (bicyclic) bond motifs is 1. The van der Waals surface area contributed by atoms with Crippen LogP contribution in [0.25, 0.3) is 22.0 Å². The molecule has 1 aromatic heterocycles. The fraction of sp³-hybridized carbons (Fsp3) is 0.0833. The molecule has 0 aliphatic rings. The van der Waals surface area contributed by atoms with Crippen molar-refractivity contribution in [1.82, 2.24) is 15.8 Å². The molecule has 0 spiro atoms. The fourth-order valence-electron chi connectivity index (χ4n) is 3.26. The Morgan fingerprint density at radius 1 is 0.800 bits per heavy atom. The highest BCUT2D eigenvalue weighted by Crippen LogP contribution is 2.29. The van der Waals surface area contributed by atoms with Crippen LogP contribution >= 0.6 is 0 Å². The lowest BCUT2D eigenvalue weighted by atomic mass is 10.1. The molecule has 4 aromatic rings. The van der Waals surface area contributed by atoms with Gasteiger partial charge in [-0.1, -0.05) is 66.7 Å². The minimum atomic E-state index is -0.440. The van der Waals surface area contributed by atoms with E-state index >= 15 is 0 Å². The normalized spacial score (nSPS) is 10.5. The molecule has 0 aliphatic carbocycles. The van der Waals surface area contributed by atoms with Gasteiger partial charge in [0, 0.05) is 22.7 Å². The number of hydrazine groups is 1.